The summed E-state index contributed by atoms with van der Waals surface area (Å²) in [6, 6.07) is 2.16. The molecule has 0 aromatic carbocycles. The Balaban J connectivity index is 2.04. The normalized spacial score (nSPS) is 33.2. The number of fused-ring (bicyclic) bond motifs is 1. The maximum absolute atomic E-state index is 11.8. The van der Waals surface area contributed by atoms with Crippen LogP contribution in [0.1, 0.15) is 33.6 Å². The fraction of sp³-hybridized carbons (Fsp3) is 0.818. The highest BCUT2D eigenvalue weighted by Crippen LogP contribution is 2.48. The van der Waals surface area contributed by atoms with Gasteiger partial charge in [-0.05, 0) is 39.5 Å². The molecule has 3 atom stereocenters. The number of nitrogens with zero attached hydrogens (tertiary/aromatic N) is 2. The van der Waals surface area contributed by atoms with Gasteiger partial charge >= 0.3 is 6.09 Å². The van der Waals surface area contributed by atoms with Crippen molar-refractivity contribution in [2.24, 2.45) is 5.92 Å². The highest BCUT2D eigenvalue weighted by molar-refractivity contribution is 5.70. The fourth-order valence-corrected chi connectivity index (χ4v) is 2.15. The van der Waals surface area contributed by atoms with E-state index in [2.05, 4.69) is 6.07 Å². The van der Waals surface area contributed by atoms with E-state index in [-0.39, 0.29) is 18.2 Å². The molecule has 2 fully saturated rings. The van der Waals surface area contributed by atoms with Crippen molar-refractivity contribution in [1.82, 2.24) is 4.90 Å². The van der Waals surface area contributed by atoms with Crippen LogP contribution in [0.5, 0.6) is 0 Å². The van der Waals surface area contributed by atoms with Gasteiger partial charge in [0.1, 0.15) is 11.6 Å². The van der Waals surface area contributed by atoms with Crippen LogP contribution in [0.15, 0.2) is 0 Å². The Labute approximate surface area is 89.8 Å². The van der Waals surface area contributed by atoms with Gasteiger partial charge in [0.2, 0.25) is 0 Å². The Morgan fingerprint density at radius 1 is 1.47 bits per heavy atom. The first kappa shape index (κ1) is 10.3. The highest BCUT2D eigenvalue weighted by Gasteiger charge is 2.55. The summed E-state index contributed by atoms with van der Waals surface area (Å²) in [5, 5.41) is 8.92. The number of amides is 1. The van der Waals surface area contributed by atoms with Crippen LogP contribution in [-0.4, -0.2) is 28.7 Å². The van der Waals surface area contributed by atoms with Crippen molar-refractivity contribution in [2.45, 2.75) is 51.3 Å². The van der Waals surface area contributed by atoms with Gasteiger partial charge in [0, 0.05) is 6.04 Å². The Morgan fingerprint density at radius 3 is 2.67 bits per heavy atom. The van der Waals surface area contributed by atoms with E-state index in [1.54, 1.807) is 4.90 Å². The Hall–Kier alpha value is -1.24. The minimum absolute atomic E-state index is 0.268. The van der Waals surface area contributed by atoms with Gasteiger partial charge in [-0.1, -0.05) is 0 Å². The summed E-state index contributed by atoms with van der Waals surface area (Å²) in [4.78, 5) is 13.4. The summed E-state index contributed by atoms with van der Waals surface area (Å²) in [6.45, 7) is 5.52. The molecule has 0 bridgehead atoms. The molecule has 0 N–H and O–H groups in total. The van der Waals surface area contributed by atoms with Crippen LogP contribution in [0.2, 0.25) is 0 Å². The SMILES string of the molecule is CC(C)(C)OC(=O)N1C2CC2C[C@@H]1C#N. The van der Waals surface area contributed by atoms with Crippen LogP contribution >= 0.6 is 0 Å². The zero-order chi connectivity index (χ0) is 11.2. The summed E-state index contributed by atoms with van der Waals surface area (Å²) < 4.78 is 5.29. The molecule has 1 amide bonds. The second-order valence-electron chi connectivity index (χ2n) is 5.33. The summed E-state index contributed by atoms with van der Waals surface area (Å²) in [6.07, 6.45) is 1.52. The molecule has 1 aliphatic heterocycles. The summed E-state index contributed by atoms with van der Waals surface area (Å²) in [5.74, 6) is 0.544. The lowest BCUT2D eigenvalue weighted by atomic mass is 10.2. The summed E-state index contributed by atoms with van der Waals surface area (Å²) in [5.41, 5.74) is -0.482. The summed E-state index contributed by atoms with van der Waals surface area (Å²) in [7, 11) is 0. The van der Waals surface area contributed by atoms with Gasteiger partial charge in [-0.2, -0.15) is 5.26 Å². The number of piperidine rings is 1. The first-order valence-electron chi connectivity index (χ1n) is 5.33. The largest absolute Gasteiger partial charge is 0.444 e. The highest BCUT2D eigenvalue weighted by atomic mass is 16.6. The van der Waals surface area contributed by atoms with Gasteiger partial charge in [0.05, 0.1) is 6.07 Å². The van der Waals surface area contributed by atoms with Crippen LogP contribution in [0, 0.1) is 17.2 Å². The van der Waals surface area contributed by atoms with Gasteiger partial charge in [-0.15, -0.1) is 0 Å². The zero-order valence-electron chi connectivity index (χ0n) is 9.36. The molecule has 1 heterocycles. The van der Waals surface area contributed by atoms with Gasteiger partial charge in [-0.3, -0.25) is 4.90 Å². The molecule has 4 heteroatoms. The van der Waals surface area contributed by atoms with Crippen LogP contribution < -0.4 is 0 Å². The number of ether oxygens (including phenoxy) is 1. The van der Waals surface area contributed by atoms with E-state index in [0.29, 0.717) is 5.92 Å². The predicted molar refractivity (Wildman–Crippen MR) is 54.0 cm³/mol. The lowest BCUT2D eigenvalue weighted by molar-refractivity contribution is 0.0223. The zero-order valence-corrected chi connectivity index (χ0v) is 9.36. The van der Waals surface area contributed by atoms with Crippen LogP contribution in [-0.2, 0) is 4.74 Å². The Kier molecular flexibility index (Phi) is 2.14. The first-order chi connectivity index (χ1) is 6.92. The third-order valence-electron chi connectivity index (χ3n) is 2.86. The molecule has 82 valence electrons. The second kappa shape index (κ2) is 3.13. The first-order valence-corrected chi connectivity index (χ1v) is 5.33. The van der Waals surface area contributed by atoms with Gasteiger partial charge in [0.25, 0.3) is 0 Å². The van der Waals surface area contributed by atoms with Crippen LogP contribution in [0.25, 0.3) is 0 Å². The van der Waals surface area contributed by atoms with E-state index >= 15 is 0 Å². The molecular formula is C11H16N2O2. The van der Waals surface area contributed by atoms with E-state index in [1.165, 1.54) is 0 Å². The lowest BCUT2D eigenvalue weighted by Crippen LogP contribution is -2.41. The van der Waals surface area contributed by atoms with E-state index in [0.717, 1.165) is 12.8 Å². The molecule has 0 radical (unpaired) electrons. The number of nitriles is 1. The third-order valence-corrected chi connectivity index (χ3v) is 2.86. The molecule has 4 nitrogen and oxygen atoms in total. The predicted octanol–water partition coefficient (Wildman–Crippen LogP) is 1.91. The van der Waals surface area contributed by atoms with Crippen molar-refractivity contribution < 1.29 is 9.53 Å². The average Bonchev–Trinajstić information content (AvgIpc) is 2.73. The fourth-order valence-electron chi connectivity index (χ4n) is 2.15. The molecule has 0 aromatic rings. The lowest BCUT2D eigenvalue weighted by Gasteiger charge is -2.27. The number of rotatable bonds is 0. The second-order valence-corrected chi connectivity index (χ2v) is 5.33. The number of carbonyl (C=O) groups excluding carboxylic acids is 1. The van der Waals surface area contributed by atoms with Crippen LogP contribution in [0.4, 0.5) is 4.79 Å². The summed E-state index contributed by atoms with van der Waals surface area (Å²) >= 11 is 0. The number of hydrogen-bond donors (Lipinski definition) is 0. The molecule has 15 heavy (non-hydrogen) atoms. The third kappa shape index (κ3) is 1.92. The van der Waals surface area contributed by atoms with Crippen molar-refractivity contribution in [3.63, 3.8) is 0 Å². The molecule has 1 saturated carbocycles. The molecule has 1 saturated heterocycles. The van der Waals surface area contributed by atoms with E-state index in [4.69, 9.17) is 10.00 Å². The number of carbonyl (C=O) groups is 1. The van der Waals surface area contributed by atoms with Crippen molar-refractivity contribution in [2.75, 3.05) is 0 Å². The molecule has 2 unspecified atom stereocenters. The maximum atomic E-state index is 11.8. The van der Waals surface area contributed by atoms with E-state index in [9.17, 15) is 4.79 Å². The molecule has 0 spiro atoms. The standard InChI is InChI=1S/C11H16N2O2/c1-11(2,3)15-10(14)13-8(6-12)4-7-5-9(7)13/h7-9H,4-5H2,1-3H3/t7?,8-,9?/m1/s1. The average molecular weight is 208 g/mol. The van der Waals surface area contributed by atoms with Gasteiger partial charge in [0.15, 0.2) is 0 Å². The van der Waals surface area contributed by atoms with Crippen molar-refractivity contribution in [3.05, 3.63) is 0 Å². The molecule has 1 aliphatic carbocycles. The quantitative estimate of drug-likeness (QED) is 0.611. The van der Waals surface area contributed by atoms with Crippen molar-refractivity contribution in [1.29, 1.82) is 5.26 Å². The number of hydrogen-bond acceptors (Lipinski definition) is 3. The minimum Gasteiger partial charge on any atom is -0.444 e. The number of likely N-dealkylation sites (tertiary alicyclic amines) is 1. The molecule has 2 aliphatic rings. The smallest absolute Gasteiger partial charge is 0.411 e. The van der Waals surface area contributed by atoms with Crippen molar-refractivity contribution in [3.8, 4) is 6.07 Å². The van der Waals surface area contributed by atoms with Crippen LogP contribution in [0.3, 0.4) is 0 Å². The maximum Gasteiger partial charge on any atom is 0.411 e. The molecular weight excluding hydrogens is 192 g/mol. The monoisotopic (exact) mass is 208 g/mol. The van der Waals surface area contributed by atoms with Gasteiger partial charge < -0.3 is 4.74 Å². The Morgan fingerprint density at radius 2 is 2.13 bits per heavy atom. The Bertz CT molecular complexity index is 326. The minimum atomic E-state index is -0.482. The van der Waals surface area contributed by atoms with Crippen molar-refractivity contribution >= 4 is 6.09 Å². The van der Waals surface area contributed by atoms with Gasteiger partial charge in [-0.25, -0.2) is 4.79 Å². The molecule has 2 rings (SSSR count). The topological polar surface area (TPSA) is 53.3 Å². The van der Waals surface area contributed by atoms with E-state index < -0.39 is 5.60 Å². The van der Waals surface area contributed by atoms with E-state index in [1.807, 2.05) is 20.8 Å². The molecule has 0 aromatic heterocycles.